The molecular weight excluding hydrogens is 562 g/mol. The second-order valence-electron chi connectivity index (χ2n) is 7.45. The molecule has 3 rings (SSSR count). The highest BCUT2D eigenvalue weighted by Crippen LogP contribution is 2.36. The Kier molecular flexibility index (Phi) is 9.70. The molecule has 0 heterocycles. The molecule has 9 nitrogen and oxygen atoms in total. The van der Waals surface area contributed by atoms with E-state index in [9.17, 15) is 13.2 Å². The van der Waals surface area contributed by atoms with Crippen LogP contribution >= 0.6 is 15.9 Å². The molecular formula is C26H26BrN3O6S. The third-order valence-corrected chi connectivity index (χ3v) is 7.36. The fraction of sp³-hybridized carbons (Fsp3) is 0.154. The quantitative estimate of drug-likeness (QED) is 0.191. The molecule has 1 amide bonds. The molecule has 0 aliphatic carbocycles. The highest BCUT2D eigenvalue weighted by Gasteiger charge is 2.27. The van der Waals surface area contributed by atoms with Crippen molar-refractivity contribution < 1.29 is 27.4 Å². The van der Waals surface area contributed by atoms with Gasteiger partial charge in [-0.25, -0.2) is 13.8 Å². The van der Waals surface area contributed by atoms with Crippen LogP contribution in [-0.4, -0.2) is 47.9 Å². The minimum absolute atomic E-state index is 0.0177. The van der Waals surface area contributed by atoms with E-state index in [2.05, 4.69) is 33.0 Å². The zero-order valence-corrected chi connectivity index (χ0v) is 22.7. The Balaban J connectivity index is 1.79. The molecule has 0 atom stereocenters. The number of rotatable bonds is 12. The molecule has 0 spiro atoms. The molecule has 0 saturated heterocycles. The number of hydrazone groups is 1. The molecule has 0 aliphatic rings. The van der Waals surface area contributed by atoms with E-state index in [0.717, 1.165) is 4.31 Å². The lowest BCUT2D eigenvalue weighted by Gasteiger charge is -2.23. The lowest BCUT2D eigenvalue weighted by atomic mass is 10.2. The van der Waals surface area contributed by atoms with Crippen molar-refractivity contribution in [1.82, 2.24) is 5.43 Å². The fourth-order valence-corrected chi connectivity index (χ4v) is 5.22. The first-order valence-corrected chi connectivity index (χ1v) is 13.2. The lowest BCUT2D eigenvalue weighted by molar-refractivity contribution is -0.119. The summed E-state index contributed by atoms with van der Waals surface area (Å²) in [5, 5.41) is 3.98. The summed E-state index contributed by atoms with van der Waals surface area (Å²) in [5.74, 6) is 0.852. The summed E-state index contributed by atoms with van der Waals surface area (Å²) in [7, 11) is -1.06. The van der Waals surface area contributed by atoms with Crippen molar-refractivity contribution in [3.63, 3.8) is 0 Å². The maximum atomic E-state index is 13.4. The third kappa shape index (κ3) is 7.11. The maximum Gasteiger partial charge on any atom is 0.264 e. The highest BCUT2D eigenvalue weighted by molar-refractivity contribution is 9.10. The number of para-hydroxylation sites is 1. The van der Waals surface area contributed by atoms with Gasteiger partial charge in [-0.3, -0.25) is 9.10 Å². The van der Waals surface area contributed by atoms with Crippen molar-refractivity contribution in [2.45, 2.75) is 4.90 Å². The van der Waals surface area contributed by atoms with Gasteiger partial charge in [0.2, 0.25) is 0 Å². The molecule has 3 aromatic rings. The number of nitrogens with zero attached hydrogens (tertiary/aromatic N) is 2. The molecule has 0 unspecified atom stereocenters. The van der Waals surface area contributed by atoms with Crippen LogP contribution in [0.2, 0.25) is 0 Å². The average molecular weight is 588 g/mol. The van der Waals surface area contributed by atoms with Crippen LogP contribution in [0.1, 0.15) is 5.56 Å². The van der Waals surface area contributed by atoms with Crippen molar-refractivity contribution in [1.29, 1.82) is 0 Å². The molecule has 37 heavy (non-hydrogen) atoms. The number of amides is 1. The smallest absolute Gasteiger partial charge is 0.264 e. The standard InChI is InChI=1S/C26H26BrN3O6S/c1-4-14-36-26-23(27)15-19(16-24(26)35-3)17-28-29-25(31)18-30(20-8-6-5-7-9-20)37(32,33)22-12-10-21(34-2)11-13-22/h4-13,15-17H,1,14,18H2,2-3H3,(H,29,31)/b28-17-. The van der Waals surface area contributed by atoms with E-state index in [1.807, 2.05) is 0 Å². The minimum atomic E-state index is -4.06. The molecule has 0 bridgehead atoms. The first-order valence-electron chi connectivity index (χ1n) is 10.9. The van der Waals surface area contributed by atoms with Crippen LogP contribution in [-0.2, 0) is 14.8 Å². The number of benzene rings is 3. The molecule has 0 aliphatic heterocycles. The number of nitrogens with one attached hydrogen (secondary N) is 1. The number of carbonyl (C=O) groups excluding carboxylic acids is 1. The van der Waals surface area contributed by atoms with E-state index >= 15 is 0 Å². The van der Waals surface area contributed by atoms with Gasteiger partial charge in [-0.2, -0.15) is 5.10 Å². The zero-order valence-electron chi connectivity index (χ0n) is 20.3. The van der Waals surface area contributed by atoms with Crippen LogP contribution in [0, 0.1) is 0 Å². The number of methoxy groups -OCH3 is 2. The number of sulfonamides is 1. The molecule has 0 fully saturated rings. The van der Waals surface area contributed by atoms with Crippen molar-refractivity contribution in [3.05, 3.63) is 89.4 Å². The largest absolute Gasteiger partial charge is 0.497 e. The number of ether oxygens (including phenoxy) is 3. The summed E-state index contributed by atoms with van der Waals surface area (Å²) in [4.78, 5) is 12.8. The van der Waals surface area contributed by atoms with Crippen LogP contribution in [0.5, 0.6) is 17.2 Å². The highest BCUT2D eigenvalue weighted by atomic mass is 79.9. The second kappa shape index (κ2) is 12.9. The van der Waals surface area contributed by atoms with Gasteiger partial charge in [0.15, 0.2) is 11.5 Å². The van der Waals surface area contributed by atoms with Gasteiger partial charge in [0, 0.05) is 0 Å². The van der Waals surface area contributed by atoms with Gasteiger partial charge in [-0.15, -0.1) is 0 Å². The Morgan fingerprint density at radius 2 is 1.78 bits per heavy atom. The van der Waals surface area contributed by atoms with Gasteiger partial charge >= 0.3 is 0 Å². The van der Waals surface area contributed by atoms with E-state index in [1.165, 1.54) is 32.6 Å². The number of hydrogen-bond donors (Lipinski definition) is 1. The lowest BCUT2D eigenvalue weighted by Crippen LogP contribution is -2.39. The van der Waals surface area contributed by atoms with Crippen molar-refractivity contribution >= 4 is 43.8 Å². The number of carbonyl (C=O) groups is 1. The first kappa shape index (κ1) is 27.8. The third-order valence-electron chi connectivity index (χ3n) is 4.98. The Hall–Kier alpha value is -3.83. The maximum absolute atomic E-state index is 13.4. The Morgan fingerprint density at radius 1 is 1.08 bits per heavy atom. The Morgan fingerprint density at radius 3 is 2.41 bits per heavy atom. The van der Waals surface area contributed by atoms with Crippen LogP contribution in [0.3, 0.4) is 0 Å². The van der Waals surface area contributed by atoms with Crippen molar-refractivity contribution in [2.24, 2.45) is 5.10 Å². The van der Waals surface area contributed by atoms with Crippen LogP contribution < -0.4 is 23.9 Å². The summed E-state index contributed by atoms with van der Waals surface area (Å²) in [6.07, 6.45) is 3.03. The van der Waals surface area contributed by atoms with Gasteiger partial charge in [0.05, 0.1) is 35.5 Å². The number of halogens is 1. The molecule has 3 aromatic carbocycles. The van der Waals surface area contributed by atoms with Crippen LogP contribution in [0.4, 0.5) is 5.69 Å². The first-order chi connectivity index (χ1) is 17.8. The predicted molar refractivity (Wildman–Crippen MR) is 146 cm³/mol. The van der Waals surface area contributed by atoms with Crippen LogP contribution in [0.25, 0.3) is 0 Å². The SMILES string of the molecule is C=CCOc1c(Br)cc(/C=N\NC(=O)CN(c2ccccc2)S(=O)(=O)c2ccc(OC)cc2)cc1OC. The summed E-state index contributed by atoms with van der Waals surface area (Å²) in [6.45, 7) is 3.44. The second-order valence-corrected chi connectivity index (χ2v) is 10.2. The summed E-state index contributed by atoms with van der Waals surface area (Å²) < 4.78 is 44.5. The van der Waals surface area contributed by atoms with E-state index in [4.69, 9.17) is 14.2 Å². The van der Waals surface area contributed by atoms with Gasteiger partial charge in [-0.05, 0) is 70.0 Å². The van der Waals surface area contributed by atoms with E-state index in [0.29, 0.717) is 39.6 Å². The fourth-order valence-electron chi connectivity index (χ4n) is 3.23. The molecule has 0 aromatic heterocycles. The average Bonchev–Trinajstić information content (AvgIpc) is 2.91. The van der Waals surface area contributed by atoms with Crippen LogP contribution in [0.15, 0.2) is 93.9 Å². The number of hydrogen-bond acceptors (Lipinski definition) is 7. The molecule has 194 valence electrons. The van der Waals surface area contributed by atoms with Gasteiger partial charge in [0.25, 0.3) is 15.9 Å². The molecule has 0 radical (unpaired) electrons. The summed E-state index contributed by atoms with van der Waals surface area (Å²) >= 11 is 3.43. The Bertz CT molecular complexity index is 1360. The monoisotopic (exact) mass is 587 g/mol. The van der Waals surface area contributed by atoms with Gasteiger partial charge in [-0.1, -0.05) is 30.9 Å². The molecule has 0 saturated carbocycles. The predicted octanol–water partition coefficient (Wildman–Crippen LogP) is 4.38. The number of anilines is 1. The summed E-state index contributed by atoms with van der Waals surface area (Å²) in [5.41, 5.74) is 3.33. The van der Waals surface area contributed by atoms with E-state index in [1.54, 1.807) is 60.7 Å². The normalized spacial score (nSPS) is 11.1. The summed E-state index contributed by atoms with van der Waals surface area (Å²) in [6, 6.07) is 17.7. The minimum Gasteiger partial charge on any atom is -0.497 e. The van der Waals surface area contributed by atoms with E-state index < -0.39 is 22.5 Å². The Labute approximate surface area is 224 Å². The topological polar surface area (TPSA) is 107 Å². The molecule has 1 N–H and O–H groups in total. The van der Waals surface area contributed by atoms with Gasteiger partial charge in [0.1, 0.15) is 18.9 Å². The zero-order chi connectivity index (χ0) is 26.8. The van der Waals surface area contributed by atoms with E-state index in [-0.39, 0.29) is 4.90 Å². The molecule has 11 heteroatoms. The van der Waals surface area contributed by atoms with Gasteiger partial charge < -0.3 is 14.2 Å². The van der Waals surface area contributed by atoms with Crippen molar-refractivity contribution in [3.8, 4) is 17.2 Å². The van der Waals surface area contributed by atoms with Crippen molar-refractivity contribution in [2.75, 3.05) is 31.7 Å².